The zero-order valence-corrected chi connectivity index (χ0v) is 12.2. The van der Waals surface area contributed by atoms with Crippen molar-refractivity contribution in [2.24, 2.45) is 12.5 Å². The number of amides is 2. The van der Waals surface area contributed by atoms with Crippen LogP contribution in [0, 0.1) is 5.41 Å². The maximum Gasteiger partial charge on any atom is 0.319 e. The quantitative estimate of drug-likeness (QED) is 0.875. The van der Waals surface area contributed by atoms with E-state index in [4.69, 9.17) is 4.74 Å². The lowest BCUT2D eigenvalue weighted by Crippen LogP contribution is -2.68. The van der Waals surface area contributed by atoms with Crippen LogP contribution in [0.4, 0.5) is 10.5 Å². The van der Waals surface area contributed by atoms with E-state index in [0.717, 1.165) is 6.42 Å². The number of aromatic nitrogens is 2. The van der Waals surface area contributed by atoms with Crippen LogP contribution in [0.25, 0.3) is 0 Å². The van der Waals surface area contributed by atoms with E-state index in [2.05, 4.69) is 36.5 Å². The summed E-state index contributed by atoms with van der Waals surface area (Å²) >= 11 is 0. The van der Waals surface area contributed by atoms with E-state index in [0.29, 0.717) is 5.69 Å². The number of methoxy groups -OCH3 is 1. The lowest BCUT2D eigenvalue weighted by molar-refractivity contribution is -0.177. The molecule has 1 aromatic heterocycles. The van der Waals surface area contributed by atoms with E-state index >= 15 is 0 Å². The Kier molecular flexibility index (Phi) is 3.30. The molecule has 2 amide bonds. The number of anilines is 1. The predicted molar refractivity (Wildman–Crippen MR) is 73.0 cm³/mol. The second-order valence-electron chi connectivity index (χ2n) is 5.91. The normalized spacial score (nSPS) is 28.6. The molecule has 6 nitrogen and oxygen atoms in total. The highest BCUT2D eigenvalue weighted by atomic mass is 16.5. The van der Waals surface area contributed by atoms with Gasteiger partial charge >= 0.3 is 6.03 Å². The summed E-state index contributed by atoms with van der Waals surface area (Å²) in [7, 11) is 3.52. The van der Waals surface area contributed by atoms with E-state index in [9.17, 15) is 4.79 Å². The highest BCUT2D eigenvalue weighted by Gasteiger charge is 2.58. The van der Waals surface area contributed by atoms with Gasteiger partial charge in [-0.05, 0) is 13.3 Å². The van der Waals surface area contributed by atoms with Gasteiger partial charge in [0.1, 0.15) is 0 Å². The first-order valence-corrected chi connectivity index (χ1v) is 6.40. The number of hydrogen-bond acceptors (Lipinski definition) is 3. The zero-order chi connectivity index (χ0) is 14.3. The van der Waals surface area contributed by atoms with Gasteiger partial charge in [0.2, 0.25) is 0 Å². The highest BCUT2D eigenvalue weighted by Crippen LogP contribution is 2.51. The van der Waals surface area contributed by atoms with Gasteiger partial charge in [-0.2, -0.15) is 5.10 Å². The van der Waals surface area contributed by atoms with Crippen LogP contribution in [0.5, 0.6) is 0 Å². The van der Waals surface area contributed by atoms with Crippen molar-refractivity contribution in [3.05, 3.63) is 12.4 Å². The molecule has 2 atom stereocenters. The van der Waals surface area contributed by atoms with Gasteiger partial charge in [-0.25, -0.2) is 4.79 Å². The SMILES string of the molecule is CO[C@@]1(C)C[C@H](NC(=O)Nc2cnn(C)c2)C1(C)C. The zero-order valence-electron chi connectivity index (χ0n) is 12.2. The lowest BCUT2D eigenvalue weighted by atomic mass is 9.56. The molecule has 1 aliphatic rings. The minimum Gasteiger partial charge on any atom is -0.378 e. The van der Waals surface area contributed by atoms with Crippen LogP contribution >= 0.6 is 0 Å². The van der Waals surface area contributed by atoms with Crippen molar-refractivity contribution in [3.63, 3.8) is 0 Å². The van der Waals surface area contributed by atoms with E-state index in [1.165, 1.54) is 0 Å². The maximum absolute atomic E-state index is 11.9. The number of ether oxygens (including phenoxy) is 1. The molecule has 19 heavy (non-hydrogen) atoms. The average Bonchev–Trinajstić information content (AvgIpc) is 2.73. The number of nitrogens with one attached hydrogen (secondary N) is 2. The molecule has 0 radical (unpaired) electrons. The molecule has 1 fully saturated rings. The first-order chi connectivity index (χ1) is 8.78. The summed E-state index contributed by atoms with van der Waals surface area (Å²) in [5, 5.41) is 9.76. The summed E-state index contributed by atoms with van der Waals surface area (Å²) in [4.78, 5) is 11.9. The molecule has 1 aromatic rings. The minimum atomic E-state index is -0.204. The Morgan fingerprint density at radius 3 is 2.68 bits per heavy atom. The summed E-state index contributed by atoms with van der Waals surface area (Å²) in [6, 6.07) is -0.0988. The van der Waals surface area contributed by atoms with Crippen molar-refractivity contribution in [1.29, 1.82) is 0 Å². The molecule has 0 spiro atoms. The van der Waals surface area contributed by atoms with Crippen molar-refractivity contribution in [2.45, 2.75) is 38.8 Å². The summed E-state index contributed by atoms with van der Waals surface area (Å²) < 4.78 is 7.18. The number of carbonyl (C=O) groups excluding carboxylic acids is 1. The Hall–Kier alpha value is -1.56. The Balaban J connectivity index is 1.91. The first-order valence-electron chi connectivity index (χ1n) is 6.40. The van der Waals surface area contributed by atoms with Gasteiger partial charge in [0.15, 0.2) is 0 Å². The van der Waals surface area contributed by atoms with Gasteiger partial charge in [-0.15, -0.1) is 0 Å². The third-order valence-corrected chi connectivity index (χ3v) is 4.55. The van der Waals surface area contributed by atoms with E-state index in [-0.39, 0.29) is 23.1 Å². The fraction of sp³-hybridized carbons (Fsp3) is 0.692. The van der Waals surface area contributed by atoms with Crippen LogP contribution in [0.1, 0.15) is 27.2 Å². The summed E-state index contributed by atoms with van der Waals surface area (Å²) in [5.41, 5.74) is 0.416. The second kappa shape index (κ2) is 4.52. The number of nitrogens with zero attached hydrogens (tertiary/aromatic N) is 2. The minimum absolute atomic E-state index is 0.0893. The largest absolute Gasteiger partial charge is 0.378 e. The molecule has 0 saturated heterocycles. The number of rotatable bonds is 3. The third kappa shape index (κ3) is 2.32. The van der Waals surface area contributed by atoms with Gasteiger partial charge in [-0.1, -0.05) is 13.8 Å². The van der Waals surface area contributed by atoms with Gasteiger partial charge < -0.3 is 15.4 Å². The molecular weight excluding hydrogens is 244 g/mol. The van der Waals surface area contributed by atoms with Crippen LogP contribution in [0.15, 0.2) is 12.4 Å². The number of aryl methyl sites for hydroxylation is 1. The monoisotopic (exact) mass is 266 g/mol. The summed E-state index contributed by atoms with van der Waals surface area (Å²) in [6.07, 6.45) is 4.19. The van der Waals surface area contributed by atoms with Crippen molar-refractivity contribution >= 4 is 11.7 Å². The summed E-state index contributed by atoms with van der Waals surface area (Å²) in [5.74, 6) is 0. The smallest absolute Gasteiger partial charge is 0.319 e. The fourth-order valence-corrected chi connectivity index (χ4v) is 2.53. The standard InChI is InChI=1S/C13H22N4O2/c1-12(2)10(6-13(12,3)19-5)16-11(18)15-9-7-14-17(4)8-9/h7-8,10H,6H2,1-5H3,(H2,15,16,18)/t10-,13-/m0/s1. The predicted octanol–water partition coefficient (Wildman–Crippen LogP) is 1.75. The van der Waals surface area contributed by atoms with Gasteiger partial charge in [0.25, 0.3) is 0 Å². The van der Waals surface area contributed by atoms with E-state index < -0.39 is 0 Å². The Morgan fingerprint density at radius 1 is 1.53 bits per heavy atom. The molecule has 0 aromatic carbocycles. The molecular formula is C13H22N4O2. The Morgan fingerprint density at radius 2 is 2.21 bits per heavy atom. The highest BCUT2D eigenvalue weighted by molar-refractivity contribution is 5.89. The maximum atomic E-state index is 11.9. The van der Waals surface area contributed by atoms with Crippen LogP contribution in [0.2, 0.25) is 0 Å². The Bertz CT molecular complexity index is 483. The first kappa shape index (κ1) is 13.9. The summed E-state index contributed by atoms with van der Waals surface area (Å²) in [6.45, 7) is 6.29. The number of urea groups is 1. The fourth-order valence-electron chi connectivity index (χ4n) is 2.53. The van der Waals surface area contributed by atoms with E-state index in [1.54, 1.807) is 24.2 Å². The molecule has 106 valence electrons. The van der Waals surface area contributed by atoms with Crippen molar-refractivity contribution in [1.82, 2.24) is 15.1 Å². The van der Waals surface area contributed by atoms with Crippen LogP contribution in [-0.2, 0) is 11.8 Å². The third-order valence-electron chi connectivity index (χ3n) is 4.55. The number of carbonyl (C=O) groups is 1. The molecule has 2 rings (SSSR count). The van der Waals surface area contributed by atoms with Gasteiger partial charge in [0, 0.05) is 31.8 Å². The van der Waals surface area contributed by atoms with Gasteiger partial charge in [0.05, 0.1) is 17.5 Å². The lowest BCUT2D eigenvalue weighted by Gasteiger charge is -2.58. The topological polar surface area (TPSA) is 68.2 Å². The van der Waals surface area contributed by atoms with Crippen molar-refractivity contribution in [3.8, 4) is 0 Å². The van der Waals surface area contributed by atoms with Crippen LogP contribution in [0.3, 0.4) is 0 Å². The Labute approximate surface area is 113 Å². The molecule has 1 heterocycles. The molecule has 1 saturated carbocycles. The van der Waals surface area contributed by atoms with E-state index in [1.807, 2.05) is 7.05 Å². The van der Waals surface area contributed by atoms with Crippen LogP contribution < -0.4 is 10.6 Å². The number of hydrogen-bond donors (Lipinski definition) is 2. The molecule has 2 N–H and O–H groups in total. The second-order valence-corrected chi connectivity index (χ2v) is 5.91. The van der Waals surface area contributed by atoms with Crippen molar-refractivity contribution in [2.75, 3.05) is 12.4 Å². The molecule has 6 heteroatoms. The molecule has 0 aliphatic heterocycles. The molecule has 1 aliphatic carbocycles. The van der Waals surface area contributed by atoms with Crippen molar-refractivity contribution < 1.29 is 9.53 Å². The van der Waals surface area contributed by atoms with Gasteiger partial charge in [-0.3, -0.25) is 4.68 Å². The molecule has 0 unspecified atom stereocenters. The molecule has 0 bridgehead atoms. The average molecular weight is 266 g/mol. The van der Waals surface area contributed by atoms with Crippen LogP contribution in [-0.4, -0.2) is 34.6 Å².